The Balaban J connectivity index is 1.76. The number of rotatable bonds is 1. The number of carbonyl (C=O) groups is 2. The summed E-state index contributed by atoms with van der Waals surface area (Å²) in [6, 6.07) is 15.7. The van der Waals surface area contributed by atoms with E-state index >= 15 is 0 Å². The largest absolute Gasteiger partial charge is 0.294 e. The molecule has 0 N–H and O–H groups in total. The lowest BCUT2D eigenvalue weighted by molar-refractivity contribution is -0.116. The number of allylic oxidation sites excluding steroid dienone is 2. The Morgan fingerprint density at radius 2 is 1.62 bits per heavy atom. The number of fused-ring (bicyclic) bond motifs is 3. The molecular weight excluding hydrogens is 390 g/mol. The van der Waals surface area contributed by atoms with Gasteiger partial charge in [0.25, 0.3) is 0 Å². The Kier molecular flexibility index (Phi) is 3.57. The van der Waals surface area contributed by atoms with E-state index < -0.39 is 5.92 Å². The molecule has 0 fully saturated rings. The van der Waals surface area contributed by atoms with Crippen LogP contribution in [0, 0.1) is 5.92 Å². The van der Waals surface area contributed by atoms with E-state index in [1.165, 1.54) is 0 Å². The second kappa shape index (κ2) is 5.85. The van der Waals surface area contributed by atoms with Crippen LogP contribution in [0.3, 0.4) is 0 Å². The van der Waals surface area contributed by atoms with Crippen molar-refractivity contribution in [2.24, 2.45) is 10.9 Å². The monoisotopic (exact) mass is 405 g/mol. The quantitative estimate of drug-likeness (QED) is 0.680. The molecule has 0 aromatic heterocycles. The molecule has 0 saturated carbocycles. The second-order valence-corrected chi connectivity index (χ2v) is 7.97. The van der Waals surface area contributed by atoms with Gasteiger partial charge in [0.05, 0.1) is 11.6 Å². The van der Waals surface area contributed by atoms with E-state index in [1.807, 2.05) is 48.5 Å². The molecule has 4 heteroatoms. The highest BCUT2D eigenvalue weighted by molar-refractivity contribution is 9.10. The van der Waals surface area contributed by atoms with Gasteiger partial charge in [-0.1, -0.05) is 52.3 Å². The molecule has 128 valence electrons. The minimum atomic E-state index is -0.394. The van der Waals surface area contributed by atoms with E-state index in [0.717, 1.165) is 51.0 Å². The van der Waals surface area contributed by atoms with Gasteiger partial charge in [0.1, 0.15) is 0 Å². The molecule has 2 aromatic carbocycles. The standard InChI is InChI=1S/C22H16BrNO2/c23-13-10-8-12(9-11-13)18-19-16(6-3-7-17(19)25)24-21-14-4-1-2-5-15(14)22(26)20(18)21/h1-2,4-5,8-11,18,20H,3,6-7H2/t18-,20-/m1/s1. The highest BCUT2D eigenvalue weighted by atomic mass is 79.9. The predicted molar refractivity (Wildman–Crippen MR) is 104 cm³/mol. The van der Waals surface area contributed by atoms with Crippen LogP contribution in [0.4, 0.5) is 0 Å². The summed E-state index contributed by atoms with van der Waals surface area (Å²) in [4.78, 5) is 30.9. The zero-order valence-corrected chi connectivity index (χ0v) is 15.6. The van der Waals surface area contributed by atoms with Gasteiger partial charge < -0.3 is 0 Å². The Morgan fingerprint density at radius 1 is 0.885 bits per heavy atom. The van der Waals surface area contributed by atoms with Crippen molar-refractivity contribution in [1.82, 2.24) is 0 Å². The van der Waals surface area contributed by atoms with Crippen molar-refractivity contribution in [1.29, 1.82) is 0 Å². The molecule has 2 aromatic rings. The number of ketones is 2. The molecule has 3 nitrogen and oxygen atoms in total. The van der Waals surface area contributed by atoms with E-state index in [4.69, 9.17) is 4.99 Å². The number of hydrogen-bond donors (Lipinski definition) is 0. The summed E-state index contributed by atoms with van der Waals surface area (Å²) in [5.74, 6) is -0.407. The molecule has 26 heavy (non-hydrogen) atoms. The first-order valence-corrected chi connectivity index (χ1v) is 9.68. The summed E-state index contributed by atoms with van der Waals surface area (Å²) in [6.07, 6.45) is 2.19. The van der Waals surface area contributed by atoms with Crippen LogP contribution in [-0.4, -0.2) is 17.3 Å². The van der Waals surface area contributed by atoms with Gasteiger partial charge in [0.2, 0.25) is 0 Å². The fourth-order valence-corrected chi connectivity index (χ4v) is 4.74. The van der Waals surface area contributed by atoms with E-state index in [9.17, 15) is 9.59 Å². The summed E-state index contributed by atoms with van der Waals surface area (Å²) < 4.78 is 0.983. The smallest absolute Gasteiger partial charge is 0.173 e. The lowest BCUT2D eigenvalue weighted by atomic mass is 9.71. The summed E-state index contributed by atoms with van der Waals surface area (Å²) >= 11 is 3.47. The van der Waals surface area contributed by atoms with Crippen LogP contribution in [0.25, 0.3) is 0 Å². The molecule has 0 spiro atoms. The Hall–Kier alpha value is -2.33. The lowest BCUT2D eigenvalue weighted by Gasteiger charge is -2.33. The molecule has 1 aliphatic heterocycles. The Morgan fingerprint density at radius 3 is 2.38 bits per heavy atom. The maximum Gasteiger partial charge on any atom is 0.173 e. The molecule has 0 radical (unpaired) electrons. The van der Waals surface area contributed by atoms with Crippen LogP contribution >= 0.6 is 15.9 Å². The number of hydrogen-bond acceptors (Lipinski definition) is 3. The van der Waals surface area contributed by atoms with Gasteiger partial charge in [-0.05, 0) is 30.5 Å². The molecule has 0 unspecified atom stereocenters. The van der Waals surface area contributed by atoms with Crippen molar-refractivity contribution in [3.63, 3.8) is 0 Å². The minimum absolute atomic E-state index is 0.0807. The van der Waals surface area contributed by atoms with E-state index in [0.29, 0.717) is 6.42 Å². The highest BCUT2D eigenvalue weighted by Gasteiger charge is 2.48. The van der Waals surface area contributed by atoms with Gasteiger partial charge in [-0.3, -0.25) is 14.6 Å². The van der Waals surface area contributed by atoms with Gasteiger partial charge in [-0.25, -0.2) is 0 Å². The van der Waals surface area contributed by atoms with Crippen LogP contribution in [0.15, 0.2) is 69.3 Å². The summed E-state index contributed by atoms with van der Waals surface area (Å²) in [5.41, 5.74) is 5.14. The topological polar surface area (TPSA) is 46.5 Å². The van der Waals surface area contributed by atoms with Crippen LogP contribution < -0.4 is 0 Å². The van der Waals surface area contributed by atoms with Crippen molar-refractivity contribution < 1.29 is 9.59 Å². The van der Waals surface area contributed by atoms with Crippen LogP contribution in [-0.2, 0) is 4.79 Å². The SMILES string of the molecule is O=C1CCCC2=C1[C@@H](c1ccc(Br)cc1)[C@H]1C(=O)c3ccccc3C1=N2. The molecule has 5 rings (SSSR count). The average Bonchev–Trinajstić information content (AvgIpc) is 2.94. The van der Waals surface area contributed by atoms with Gasteiger partial charge in [0.15, 0.2) is 11.6 Å². The first-order chi connectivity index (χ1) is 12.6. The Bertz CT molecular complexity index is 1020. The third kappa shape index (κ3) is 2.21. The number of benzene rings is 2. The Labute approximate surface area is 160 Å². The third-order valence-electron chi connectivity index (χ3n) is 5.60. The van der Waals surface area contributed by atoms with Crippen molar-refractivity contribution in [3.05, 3.63) is 81.0 Å². The first-order valence-electron chi connectivity index (χ1n) is 8.89. The van der Waals surface area contributed by atoms with Crippen molar-refractivity contribution in [3.8, 4) is 0 Å². The average molecular weight is 406 g/mol. The number of nitrogens with zero attached hydrogens (tertiary/aromatic N) is 1. The lowest BCUT2D eigenvalue weighted by Crippen LogP contribution is -2.33. The summed E-state index contributed by atoms with van der Waals surface area (Å²) in [7, 11) is 0. The van der Waals surface area contributed by atoms with Gasteiger partial charge >= 0.3 is 0 Å². The third-order valence-corrected chi connectivity index (χ3v) is 6.13. The van der Waals surface area contributed by atoms with E-state index in [-0.39, 0.29) is 17.5 Å². The van der Waals surface area contributed by atoms with Gasteiger partial charge in [-0.15, -0.1) is 0 Å². The van der Waals surface area contributed by atoms with Crippen molar-refractivity contribution in [2.75, 3.05) is 0 Å². The molecule has 0 amide bonds. The van der Waals surface area contributed by atoms with Crippen LogP contribution in [0.1, 0.15) is 46.7 Å². The number of aliphatic imine (C=N–C) groups is 1. The maximum absolute atomic E-state index is 13.2. The predicted octanol–water partition coefficient (Wildman–Crippen LogP) is 4.86. The molecule has 3 aliphatic rings. The number of carbonyl (C=O) groups excluding carboxylic acids is 2. The van der Waals surface area contributed by atoms with E-state index in [2.05, 4.69) is 15.9 Å². The zero-order valence-electron chi connectivity index (χ0n) is 14.0. The fourth-order valence-electron chi connectivity index (χ4n) is 4.48. The van der Waals surface area contributed by atoms with Crippen LogP contribution in [0.5, 0.6) is 0 Å². The van der Waals surface area contributed by atoms with Gasteiger partial charge in [0, 0.05) is 39.2 Å². The molecule has 0 bridgehead atoms. The summed E-state index contributed by atoms with van der Waals surface area (Å²) in [5, 5.41) is 0. The number of Topliss-reactive ketones (excluding diaryl/α,β-unsaturated/α-hetero) is 2. The van der Waals surface area contributed by atoms with Crippen molar-refractivity contribution >= 4 is 33.2 Å². The first kappa shape index (κ1) is 15.9. The minimum Gasteiger partial charge on any atom is -0.294 e. The zero-order chi connectivity index (χ0) is 17.8. The molecule has 2 atom stereocenters. The number of halogens is 1. The highest BCUT2D eigenvalue weighted by Crippen LogP contribution is 2.48. The fraction of sp³-hybridized carbons (Fsp3) is 0.227. The van der Waals surface area contributed by atoms with E-state index in [1.54, 1.807) is 0 Å². The normalized spacial score (nSPS) is 24.1. The molecule has 1 heterocycles. The van der Waals surface area contributed by atoms with Gasteiger partial charge in [-0.2, -0.15) is 0 Å². The molecule has 0 saturated heterocycles. The van der Waals surface area contributed by atoms with Crippen molar-refractivity contribution in [2.45, 2.75) is 25.2 Å². The molecular formula is C22H16BrNO2. The maximum atomic E-state index is 13.2. The van der Waals surface area contributed by atoms with Crippen LogP contribution in [0.2, 0.25) is 0 Å². The second-order valence-electron chi connectivity index (χ2n) is 7.05. The summed E-state index contributed by atoms with van der Waals surface area (Å²) in [6.45, 7) is 0. The molecule has 2 aliphatic carbocycles.